The molecule has 2 amide bonds. The second-order valence-corrected chi connectivity index (χ2v) is 8.27. The van der Waals surface area contributed by atoms with Gasteiger partial charge in [-0.2, -0.15) is 0 Å². The van der Waals surface area contributed by atoms with E-state index in [2.05, 4.69) is 45.2 Å². The van der Waals surface area contributed by atoms with Crippen LogP contribution in [-0.2, 0) is 9.59 Å². The van der Waals surface area contributed by atoms with Gasteiger partial charge in [-0.25, -0.2) is 0 Å². The number of hydrogen-bond donors (Lipinski definition) is 2. The Morgan fingerprint density at radius 3 is 2.44 bits per heavy atom. The Balaban J connectivity index is 2.03. The summed E-state index contributed by atoms with van der Waals surface area (Å²) in [4.78, 5) is 22.9. The number of nitrogens with one attached hydrogen (secondary N) is 1. The second-order valence-electron chi connectivity index (χ2n) is 8.27. The number of imide groups is 1. The van der Waals surface area contributed by atoms with E-state index in [0.717, 1.165) is 11.1 Å². The van der Waals surface area contributed by atoms with Gasteiger partial charge in [0.25, 0.3) is 5.91 Å². The van der Waals surface area contributed by atoms with Crippen molar-refractivity contribution in [2.75, 3.05) is 0 Å². The molecule has 1 heterocycles. The van der Waals surface area contributed by atoms with Crippen LogP contribution < -0.4 is 5.32 Å². The number of carbonyl (C=O) groups is 2. The SMILES string of the molecule is CC1=C(/C=C/C(C)=C/C=C/C(C)=C/C2C(=O)NC(=O)C2O)C(C)(C)CCC1. The molecule has 0 saturated carbocycles. The van der Waals surface area contributed by atoms with Gasteiger partial charge in [-0.1, -0.05) is 67.0 Å². The van der Waals surface area contributed by atoms with Crippen molar-refractivity contribution in [3.8, 4) is 0 Å². The molecule has 0 radical (unpaired) electrons. The predicted molar refractivity (Wildman–Crippen MR) is 109 cm³/mol. The number of allylic oxidation sites excluding steroid dienone is 9. The highest BCUT2D eigenvalue weighted by molar-refractivity contribution is 6.07. The molecular weight excluding hydrogens is 338 g/mol. The van der Waals surface area contributed by atoms with Crippen molar-refractivity contribution in [2.45, 2.75) is 60.0 Å². The van der Waals surface area contributed by atoms with Crippen molar-refractivity contribution in [3.63, 3.8) is 0 Å². The van der Waals surface area contributed by atoms with Gasteiger partial charge in [-0.3, -0.25) is 14.9 Å². The molecule has 0 aromatic rings. The van der Waals surface area contributed by atoms with Crippen molar-refractivity contribution in [1.82, 2.24) is 5.32 Å². The van der Waals surface area contributed by atoms with Crippen molar-refractivity contribution in [2.24, 2.45) is 11.3 Å². The lowest BCUT2D eigenvalue weighted by Crippen LogP contribution is -2.24. The quantitative estimate of drug-likeness (QED) is 0.565. The normalized spacial score (nSPS) is 27.2. The third-order valence-corrected chi connectivity index (χ3v) is 5.37. The standard InChI is InChI=1S/C23H31NO3/c1-15(11-12-19-17(3)10-7-13-23(19,4)5)8-6-9-16(2)14-18-20(25)22(27)24-21(18)26/h6,8-9,11-12,14,18,20,25H,7,10,13H2,1-5H3,(H,24,26,27)/b9-6+,12-11+,15-8+,16-14+. The number of hydrogen-bond acceptors (Lipinski definition) is 3. The Bertz CT molecular complexity index is 762. The van der Waals surface area contributed by atoms with Crippen LogP contribution >= 0.6 is 0 Å². The molecule has 4 heteroatoms. The van der Waals surface area contributed by atoms with Crippen LogP contribution in [0.15, 0.2) is 58.7 Å². The molecule has 0 aromatic heterocycles. The zero-order chi connectivity index (χ0) is 20.2. The largest absolute Gasteiger partial charge is 0.382 e. The molecule has 2 unspecified atom stereocenters. The van der Waals surface area contributed by atoms with E-state index >= 15 is 0 Å². The summed E-state index contributed by atoms with van der Waals surface area (Å²) in [6, 6.07) is 0. The molecule has 0 bridgehead atoms. The summed E-state index contributed by atoms with van der Waals surface area (Å²) < 4.78 is 0. The first-order valence-electron chi connectivity index (χ1n) is 9.56. The first-order chi connectivity index (χ1) is 12.6. The lowest BCUT2D eigenvalue weighted by molar-refractivity contribution is -0.127. The van der Waals surface area contributed by atoms with Gasteiger partial charge < -0.3 is 5.11 Å². The van der Waals surface area contributed by atoms with Crippen molar-refractivity contribution >= 4 is 11.8 Å². The Morgan fingerprint density at radius 2 is 1.85 bits per heavy atom. The molecule has 1 saturated heterocycles. The first kappa shape index (κ1) is 21.1. The van der Waals surface area contributed by atoms with E-state index in [4.69, 9.17) is 0 Å². The minimum atomic E-state index is -1.29. The first-order valence-corrected chi connectivity index (χ1v) is 9.56. The van der Waals surface area contributed by atoms with Crippen LogP contribution in [0.4, 0.5) is 0 Å². The number of aliphatic hydroxyl groups excluding tert-OH is 1. The molecule has 2 N–H and O–H groups in total. The second kappa shape index (κ2) is 8.66. The van der Waals surface area contributed by atoms with Gasteiger partial charge in [-0.05, 0) is 51.0 Å². The third-order valence-electron chi connectivity index (χ3n) is 5.37. The highest BCUT2D eigenvalue weighted by Gasteiger charge is 2.38. The van der Waals surface area contributed by atoms with Crippen molar-refractivity contribution in [1.29, 1.82) is 0 Å². The Kier molecular flexibility index (Phi) is 6.77. The predicted octanol–water partition coefficient (Wildman–Crippen LogP) is 4.15. The zero-order valence-electron chi connectivity index (χ0n) is 17.0. The molecule has 2 atom stereocenters. The zero-order valence-corrected chi connectivity index (χ0v) is 17.0. The molecule has 4 nitrogen and oxygen atoms in total. The van der Waals surface area contributed by atoms with E-state index in [9.17, 15) is 14.7 Å². The summed E-state index contributed by atoms with van der Waals surface area (Å²) in [5, 5.41) is 11.9. The van der Waals surface area contributed by atoms with Crippen LogP contribution in [0, 0.1) is 11.3 Å². The fourth-order valence-electron chi connectivity index (χ4n) is 3.72. The minimum absolute atomic E-state index is 0.231. The van der Waals surface area contributed by atoms with Crippen molar-refractivity contribution in [3.05, 3.63) is 58.7 Å². The van der Waals surface area contributed by atoms with Gasteiger partial charge in [0.1, 0.15) is 6.10 Å². The van der Waals surface area contributed by atoms with Crippen molar-refractivity contribution < 1.29 is 14.7 Å². The molecular formula is C23H31NO3. The fraction of sp³-hybridized carbons (Fsp3) is 0.478. The molecule has 27 heavy (non-hydrogen) atoms. The molecule has 2 rings (SSSR count). The Hall–Kier alpha value is -2.20. The summed E-state index contributed by atoms with van der Waals surface area (Å²) in [6.45, 7) is 10.7. The van der Waals surface area contributed by atoms with Crippen LogP contribution in [0.3, 0.4) is 0 Å². The maximum absolute atomic E-state index is 11.6. The summed E-state index contributed by atoms with van der Waals surface area (Å²) in [6.07, 6.45) is 14.2. The highest BCUT2D eigenvalue weighted by atomic mass is 16.3. The van der Waals surface area contributed by atoms with Gasteiger partial charge in [0, 0.05) is 0 Å². The number of carbonyl (C=O) groups excluding carboxylic acids is 2. The lowest BCUT2D eigenvalue weighted by atomic mass is 9.72. The molecule has 146 valence electrons. The van der Waals surface area contributed by atoms with Gasteiger partial charge in [-0.15, -0.1) is 0 Å². The van der Waals surface area contributed by atoms with Crippen LogP contribution in [0.5, 0.6) is 0 Å². The Labute approximate surface area is 162 Å². The van der Waals surface area contributed by atoms with Gasteiger partial charge in [0.15, 0.2) is 0 Å². The maximum atomic E-state index is 11.6. The van der Waals surface area contributed by atoms with E-state index in [1.807, 2.05) is 25.2 Å². The van der Waals surface area contributed by atoms with E-state index in [-0.39, 0.29) is 5.41 Å². The summed E-state index contributed by atoms with van der Waals surface area (Å²) in [5.74, 6) is -1.89. The van der Waals surface area contributed by atoms with Gasteiger partial charge >= 0.3 is 0 Å². The van der Waals surface area contributed by atoms with Gasteiger partial charge in [0.2, 0.25) is 5.91 Å². The molecule has 1 aliphatic carbocycles. The molecule has 1 fully saturated rings. The fourth-order valence-corrected chi connectivity index (χ4v) is 3.72. The van der Waals surface area contributed by atoms with Gasteiger partial charge in [0.05, 0.1) is 5.92 Å². The lowest BCUT2D eigenvalue weighted by Gasteiger charge is -2.32. The third kappa shape index (κ3) is 5.39. The highest BCUT2D eigenvalue weighted by Crippen LogP contribution is 2.40. The van der Waals surface area contributed by atoms with E-state index in [1.165, 1.54) is 30.4 Å². The molecule has 1 aliphatic heterocycles. The number of aliphatic hydroxyl groups is 1. The average Bonchev–Trinajstić information content (AvgIpc) is 2.80. The summed E-state index contributed by atoms with van der Waals surface area (Å²) in [5.41, 5.74) is 5.10. The van der Waals surface area contributed by atoms with Crippen LogP contribution in [-0.4, -0.2) is 23.0 Å². The number of amides is 2. The molecule has 0 aromatic carbocycles. The molecule has 0 spiro atoms. The average molecular weight is 370 g/mol. The number of rotatable bonds is 5. The van der Waals surface area contributed by atoms with Crippen LogP contribution in [0.25, 0.3) is 0 Å². The Morgan fingerprint density at radius 1 is 1.15 bits per heavy atom. The molecule has 2 aliphatic rings. The van der Waals surface area contributed by atoms with E-state index in [1.54, 1.807) is 6.08 Å². The summed E-state index contributed by atoms with van der Waals surface area (Å²) >= 11 is 0. The maximum Gasteiger partial charge on any atom is 0.256 e. The van der Waals surface area contributed by atoms with E-state index in [0.29, 0.717) is 0 Å². The minimum Gasteiger partial charge on any atom is -0.382 e. The monoisotopic (exact) mass is 369 g/mol. The van der Waals surface area contributed by atoms with Crippen LogP contribution in [0.1, 0.15) is 53.9 Å². The topological polar surface area (TPSA) is 66.4 Å². The smallest absolute Gasteiger partial charge is 0.256 e. The summed E-state index contributed by atoms with van der Waals surface area (Å²) in [7, 11) is 0. The van der Waals surface area contributed by atoms with E-state index < -0.39 is 23.8 Å². The van der Waals surface area contributed by atoms with Crippen LogP contribution in [0.2, 0.25) is 0 Å².